The molecule has 0 atom stereocenters. The van der Waals surface area contributed by atoms with Gasteiger partial charge in [0, 0.05) is 22.4 Å². The number of rotatable bonds is 5. The highest BCUT2D eigenvalue weighted by molar-refractivity contribution is 7.19. The van der Waals surface area contributed by atoms with Crippen molar-refractivity contribution in [2.24, 2.45) is 0 Å². The van der Waals surface area contributed by atoms with E-state index in [0.29, 0.717) is 33.6 Å². The van der Waals surface area contributed by atoms with Crippen LogP contribution in [-0.2, 0) is 13.0 Å². The summed E-state index contributed by atoms with van der Waals surface area (Å²) in [4.78, 5) is 32.8. The Bertz CT molecular complexity index is 1320. The average Bonchev–Trinajstić information content (AvgIpc) is 3.08. The molecule has 0 N–H and O–H groups in total. The molecular weight excluding hydrogens is 399 g/mol. The molecule has 0 saturated carbocycles. The summed E-state index contributed by atoms with van der Waals surface area (Å²) in [5, 5.41) is 0.545. The third-order valence-electron chi connectivity index (χ3n) is 5.23. The number of nitrogens with zero attached hydrogens (tertiary/aromatic N) is 2. The van der Waals surface area contributed by atoms with Crippen molar-refractivity contribution in [3.8, 4) is 11.1 Å². The minimum atomic E-state index is -0.359. The molecule has 0 aliphatic heterocycles. The van der Waals surface area contributed by atoms with Gasteiger partial charge in [0.15, 0.2) is 5.78 Å². The van der Waals surface area contributed by atoms with E-state index in [4.69, 9.17) is 4.98 Å². The average molecular weight is 421 g/mol. The molecule has 0 fully saturated rings. The molecule has 0 spiro atoms. The number of hydrogen-bond donors (Lipinski definition) is 0. The largest absolute Gasteiger partial charge is 0.292 e. The summed E-state index contributed by atoms with van der Waals surface area (Å²) >= 11 is 1.49. The number of aromatic nitrogens is 2. The fourth-order valence-electron chi connectivity index (χ4n) is 3.68. The molecule has 2 aromatic heterocycles. The van der Waals surface area contributed by atoms with Crippen molar-refractivity contribution >= 4 is 27.3 Å². The van der Waals surface area contributed by atoms with Gasteiger partial charge < -0.3 is 0 Å². The van der Waals surface area contributed by atoms with Gasteiger partial charge in [-0.3, -0.25) is 14.2 Å². The van der Waals surface area contributed by atoms with Gasteiger partial charge in [0.05, 0.1) is 11.9 Å². The van der Waals surface area contributed by atoms with Gasteiger partial charge in [-0.1, -0.05) is 37.3 Å². The number of hydrogen-bond acceptors (Lipinski definition) is 4. The maximum absolute atomic E-state index is 13.6. The molecule has 0 aliphatic carbocycles. The van der Waals surface area contributed by atoms with Gasteiger partial charge in [-0.05, 0) is 43.2 Å². The summed E-state index contributed by atoms with van der Waals surface area (Å²) < 4.78 is 15.0. The molecule has 0 aliphatic rings. The van der Waals surface area contributed by atoms with Crippen LogP contribution in [0.2, 0.25) is 0 Å². The van der Waals surface area contributed by atoms with Crippen molar-refractivity contribution in [2.45, 2.75) is 33.7 Å². The molecule has 0 bridgehead atoms. The van der Waals surface area contributed by atoms with Crippen LogP contribution in [0.15, 0.2) is 53.3 Å². The number of thiophene rings is 1. The summed E-state index contributed by atoms with van der Waals surface area (Å²) in [7, 11) is 0. The standard InChI is InChI=1S/C24H21FN2O2S/c1-4-20-26-23-22(21(15(3)30-23)16-8-6-5-7-9-16)24(29)27(20)13-19(28)17-10-11-18(25)14(2)12-17/h5-12H,4,13H2,1-3H3. The molecule has 4 aromatic rings. The lowest BCUT2D eigenvalue weighted by Gasteiger charge is -2.12. The van der Waals surface area contributed by atoms with Gasteiger partial charge in [0.25, 0.3) is 5.56 Å². The van der Waals surface area contributed by atoms with Crippen molar-refractivity contribution < 1.29 is 9.18 Å². The lowest BCUT2D eigenvalue weighted by Crippen LogP contribution is -2.28. The van der Waals surface area contributed by atoms with Crippen molar-refractivity contribution in [3.05, 3.63) is 86.5 Å². The van der Waals surface area contributed by atoms with E-state index in [1.165, 1.54) is 34.1 Å². The molecule has 0 amide bonds. The smallest absolute Gasteiger partial charge is 0.263 e. The number of carbonyl (C=O) groups is 1. The molecule has 0 saturated heterocycles. The third kappa shape index (κ3) is 3.48. The van der Waals surface area contributed by atoms with E-state index >= 15 is 0 Å². The zero-order valence-corrected chi connectivity index (χ0v) is 17.8. The van der Waals surface area contributed by atoms with Crippen molar-refractivity contribution in [2.75, 3.05) is 0 Å². The monoisotopic (exact) mass is 420 g/mol. The number of aryl methyl sites for hydroxylation is 3. The first-order chi connectivity index (χ1) is 14.4. The molecule has 6 heteroatoms. The number of ketones is 1. The van der Waals surface area contributed by atoms with E-state index in [9.17, 15) is 14.0 Å². The van der Waals surface area contributed by atoms with Crippen LogP contribution in [-0.4, -0.2) is 15.3 Å². The van der Waals surface area contributed by atoms with Gasteiger partial charge in [-0.2, -0.15) is 0 Å². The van der Waals surface area contributed by atoms with Gasteiger partial charge in [-0.25, -0.2) is 9.37 Å². The van der Waals surface area contributed by atoms with Crippen LogP contribution in [0, 0.1) is 19.7 Å². The van der Waals surface area contributed by atoms with E-state index in [0.717, 1.165) is 16.0 Å². The summed E-state index contributed by atoms with van der Waals surface area (Å²) in [6, 6.07) is 14.0. The third-order valence-corrected chi connectivity index (χ3v) is 6.23. The number of halogens is 1. The van der Waals surface area contributed by atoms with Gasteiger partial charge in [0.2, 0.25) is 0 Å². The second-order valence-electron chi connectivity index (χ2n) is 7.24. The predicted molar refractivity (Wildman–Crippen MR) is 119 cm³/mol. The number of Topliss-reactive ketones (excluding diaryl/α,β-unsaturated/α-hetero) is 1. The van der Waals surface area contributed by atoms with E-state index in [1.807, 2.05) is 44.2 Å². The maximum Gasteiger partial charge on any atom is 0.263 e. The molecule has 152 valence electrons. The number of benzene rings is 2. The van der Waals surface area contributed by atoms with Gasteiger partial charge in [-0.15, -0.1) is 11.3 Å². The highest BCUT2D eigenvalue weighted by Gasteiger charge is 2.21. The summed E-state index contributed by atoms with van der Waals surface area (Å²) in [5.41, 5.74) is 2.39. The van der Waals surface area contributed by atoms with E-state index in [2.05, 4.69) is 0 Å². The highest BCUT2D eigenvalue weighted by Crippen LogP contribution is 2.35. The predicted octanol–water partition coefficient (Wildman–Crippen LogP) is 5.33. The van der Waals surface area contributed by atoms with Crippen LogP contribution < -0.4 is 5.56 Å². The van der Waals surface area contributed by atoms with Crippen LogP contribution >= 0.6 is 11.3 Å². The van der Waals surface area contributed by atoms with Crippen molar-refractivity contribution in [3.63, 3.8) is 0 Å². The molecule has 0 unspecified atom stereocenters. The van der Waals surface area contributed by atoms with Crippen molar-refractivity contribution in [1.82, 2.24) is 9.55 Å². The molecule has 2 heterocycles. The fraction of sp³-hybridized carbons (Fsp3) is 0.208. The lowest BCUT2D eigenvalue weighted by atomic mass is 10.0. The first kappa shape index (κ1) is 20.2. The molecule has 30 heavy (non-hydrogen) atoms. The Labute approximate surface area is 177 Å². The Morgan fingerprint density at radius 1 is 1.13 bits per heavy atom. The van der Waals surface area contributed by atoms with Crippen LogP contribution in [0.25, 0.3) is 21.3 Å². The number of carbonyl (C=O) groups excluding carboxylic acids is 1. The quantitative estimate of drug-likeness (QED) is 0.410. The zero-order valence-electron chi connectivity index (χ0n) is 17.0. The fourth-order valence-corrected chi connectivity index (χ4v) is 4.73. The van der Waals surface area contributed by atoms with Crippen molar-refractivity contribution in [1.29, 1.82) is 0 Å². The molecule has 4 rings (SSSR count). The second kappa shape index (κ2) is 7.95. The Kier molecular flexibility index (Phi) is 5.35. The maximum atomic E-state index is 13.6. The summed E-state index contributed by atoms with van der Waals surface area (Å²) in [6.45, 7) is 5.38. The Morgan fingerprint density at radius 3 is 2.53 bits per heavy atom. The van der Waals surface area contributed by atoms with Crippen LogP contribution in [0.1, 0.15) is 33.5 Å². The zero-order chi connectivity index (χ0) is 21.4. The molecule has 0 radical (unpaired) electrons. The van der Waals surface area contributed by atoms with Crippen LogP contribution in [0.5, 0.6) is 0 Å². The van der Waals surface area contributed by atoms with Gasteiger partial charge >= 0.3 is 0 Å². The normalized spacial score (nSPS) is 11.2. The van der Waals surface area contributed by atoms with E-state index in [1.54, 1.807) is 6.92 Å². The minimum Gasteiger partial charge on any atom is -0.292 e. The van der Waals surface area contributed by atoms with E-state index < -0.39 is 0 Å². The SMILES string of the molecule is CCc1nc2sc(C)c(-c3ccccc3)c2c(=O)n1CC(=O)c1ccc(F)c(C)c1. The van der Waals surface area contributed by atoms with Crippen LogP contribution in [0.3, 0.4) is 0 Å². The molecule has 4 nitrogen and oxygen atoms in total. The topological polar surface area (TPSA) is 52.0 Å². The first-order valence-electron chi connectivity index (χ1n) is 9.78. The first-order valence-corrected chi connectivity index (χ1v) is 10.6. The Hall–Kier alpha value is -3.12. The van der Waals surface area contributed by atoms with Gasteiger partial charge in [0.1, 0.15) is 16.5 Å². The Balaban J connectivity index is 1.87. The lowest BCUT2D eigenvalue weighted by molar-refractivity contribution is 0.0969. The molecular formula is C24H21FN2O2S. The minimum absolute atomic E-state index is 0.126. The Morgan fingerprint density at radius 2 is 1.87 bits per heavy atom. The highest BCUT2D eigenvalue weighted by atomic mass is 32.1. The second-order valence-corrected chi connectivity index (χ2v) is 8.44. The van der Waals surface area contributed by atoms with E-state index in [-0.39, 0.29) is 23.7 Å². The van der Waals surface area contributed by atoms with Crippen LogP contribution in [0.4, 0.5) is 4.39 Å². The number of fused-ring (bicyclic) bond motifs is 1. The summed E-state index contributed by atoms with van der Waals surface area (Å²) in [6.07, 6.45) is 0.526. The summed E-state index contributed by atoms with van der Waals surface area (Å²) in [5.74, 6) is -0.0351. The molecule has 2 aromatic carbocycles.